The number of allylic oxidation sites excluding steroid dienone is 2. The third kappa shape index (κ3) is 2.23. The first-order valence-corrected chi connectivity index (χ1v) is 8.82. The predicted octanol–water partition coefficient (Wildman–Crippen LogP) is 1.38. The Kier molecular flexibility index (Phi) is 3.82. The van der Waals surface area contributed by atoms with E-state index in [1.165, 1.54) is 47.0 Å². The van der Waals surface area contributed by atoms with Crippen molar-refractivity contribution >= 4 is 22.5 Å². The van der Waals surface area contributed by atoms with Crippen LogP contribution in [0.3, 0.4) is 0 Å². The average molecular weight is 441 g/mol. The highest BCUT2D eigenvalue weighted by Crippen LogP contribution is 2.54. The zero-order chi connectivity index (χ0) is 14.9. The summed E-state index contributed by atoms with van der Waals surface area (Å²) in [7, 11) is 2.46. The molecule has 2 nitrogen and oxygen atoms in total. The summed E-state index contributed by atoms with van der Waals surface area (Å²) in [6.07, 6.45) is 5.70. The first-order chi connectivity index (χ1) is 10.7. The van der Waals surface area contributed by atoms with Crippen molar-refractivity contribution in [3.8, 4) is 0 Å². The SMILES string of the molecule is C[N+]12CCc3c([nH]c4ccccc34)C1C1CC(Cl)=CCC1C2.[I-]. The zero-order valence-electron chi connectivity index (χ0n) is 13.4. The van der Waals surface area contributed by atoms with Gasteiger partial charge in [-0.25, -0.2) is 0 Å². The Morgan fingerprint density at radius 3 is 2.96 bits per heavy atom. The second-order valence-corrected chi connectivity index (χ2v) is 8.14. The lowest BCUT2D eigenvalue weighted by molar-refractivity contribution is -0.932. The molecule has 4 atom stereocenters. The van der Waals surface area contributed by atoms with E-state index in [2.05, 4.69) is 42.4 Å². The minimum atomic E-state index is 0. The number of aromatic nitrogens is 1. The monoisotopic (exact) mass is 440 g/mol. The van der Waals surface area contributed by atoms with Crippen LogP contribution in [0.2, 0.25) is 0 Å². The van der Waals surface area contributed by atoms with Gasteiger partial charge in [0.2, 0.25) is 0 Å². The molecule has 23 heavy (non-hydrogen) atoms. The van der Waals surface area contributed by atoms with E-state index in [1.807, 2.05) is 0 Å². The van der Waals surface area contributed by atoms with E-state index in [0.717, 1.165) is 17.4 Å². The number of hydrogen-bond donors (Lipinski definition) is 1. The lowest BCUT2D eigenvalue weighted by atomic mass is 9.79. The number of rotatable bonds is 0. The maximum absolute atomic E-state index is 6.41. The van der Waals surface area contributed by atoms with Gasteiger partial charge in [-0.2, -0.15) is 0 Å². The number of para-hydroxylation sites is 1. The smallest absolute Gasteiger partial charge is 0.133 e. The van der Waals surface area contributed by atoms with Gasteiger partial charge in [0, 0.05) is 34.2 Å². The number of hydrogen-bond acceptors (Lipinski definition) is 0. The van der Waals surface area contributed by atoms with Crippen LogP contribution in [0, 0.1) is 11.8 Å². The number of aromatic amines is 1. The van der Waals surface area contributed by atoms with Gasteiger partial charge in [-0.05, 0) is 24.5 Å². The molecule has 1 fully saturated rings. The number of nitrogens with zero attached hydrogens (tertiary/aromatic N) is 1. The molecule has 0 saturated carbocycles. The van der Waals surface area contributed by atoms with Crippen molar-refractivity contribution in [2.75, 3.05) is 20.1 Å². The molecule has 1 saturated heterocycles. The molecule has 2 aromatic rings. The number of fused-ring (bicyclic) bond motifs is 7. The Morgan fingerprint density at radius 2 is 2.09 bits per heavy atom. The van der Waals surface area contributed by atoms with E-state index in [1.54, 1.807) is 5.56 Å². The standard InChI is InChI=1S/C19H22ClN2.HI/c1-22-9-8-15-14-4-2-3-5-17(14)21-18(15)19(22)16-10-13(20)7-6-12(16)11-22;/h2-5,7,12,16,19,21H,6,8-11H2,1H3;1H/q+1;/p-1. The largest absolute Gasteiger partial charge is 1.00 e. The molecular weight excluding hydrogens is 419 g/mol. The first-order valence-electron chi connectivity index (χ1n) is 8.44. The van der Waals surface area contributed by atoms with E-state index in [9.17, 15) is 0 Å². The van der Waals surface area contributed by atoms with Crippen LogP contribution in [-0.4, -0.2) is 29.6 Å². The Hall–Kier alpha value is -0.520. The Morgan fingerprint density at radius 1 is 1.26 bits per heavy atom. The van der Waals surface area contributed by atoms with E-state index in [4.69, 9.17) is 11.6 Å². The van der Waals surface area contributed by atoms with Crippen LogP contribution in [0.1, 0.15) is 30.1 Å². The molecule has 0 radical (unpaired) electrons. The quantitative estimate of drug-likeness (QED) is 0.471. The second kappa shape index (κ2) is 5.50. The summed E-state index contributed by atoms with van der Waals surface area (Å²) in [4.78, 5) is 3.78. The van der Waals surface area contributed by atoms with Crippen LogP contribution in [-0.2, 0) is 6.42 Å². The van der Waals surface area contributed by atoms with E-state index in [0.29, 0.717) is 12.0 Å². The van der Waals surface area contributed by atoms with Gasteiger partial charge in [-0.3, -0.25) is 0 Å². The van der Waals surface area contributed by atoms with Crippen molar-refractivity contribution in [3.63, 3.8) is 0 Å². The Labute approximate surface area is 159 Å². The number of likely N-dealkylation sites (N-methyl/N-ethyl adjacent to an activating group) is 1. The minimum Gasteiger partial charge on any atom is -1.00 e. The van der Waals surface area contributed by atoms with Crippen LogP contribution in [0.4, 0.5) is 0 Å². The summed E-state index contributed by atoms with van der Waals surface area (Å²) < 4.78 is 1.20. The molecule has 1 aromatic carbocycles. The van der Waals surface area contributed by atoms with Gasteiger partial charge in [-0.15, -0.1) is 0 Å². The maximum atomic E-state index is 6.41. The molecule has 4 heteroatoms. The number of halogens is 2. The highest BCUT2D eigenvalue weighted by molar-refractivity contribution is 6.29. The molecule has 4 unspecified atom stereocenters. The molecule has 5 rings (SSSR count). The van der Waals surface area contributed by atoms with Crippen LogP contribution in [0.25, 0.3) is 10.9 Å². The van der Waals surface area contributed by atoms with Gasteiger partial charge < -0.3 is 33.4 Å². The third-order valence-electron chi connectivity index (χ3n) is 6.42. The van der Waals surface area contributed by atoms with Crippen molar-refractivity contribution in [1.82, 2.24) is 4.98 Å². The fourth-order valence-electron chi connectivity index (χ4n) is 5.49. The summed E-state index contributed by atoms with van der Waals surface area (Å²) >= 11 is 6.41. The highest BCUT2D eigenvalue weighted by Gasteiger charge is 2.55. The molecule has 2 aliphatic heterocycles. The van der Waals surface area contributed by atoms with Crippen molar-refractivity contribution < 1.29 is 28.5 Å². The topological polar surface area (TPSA) is 15.8 Å². The molecule has 1 aromatic heterocycles. The maximum Gasteiger partial charge on any atom is 0.133 e. The van der Waals surface area contributed by atoms with Gasteiger partial charge in [0.1, 0.15) is 6.04 Å². The van der Waals surface area contributed by atoms with Crippen molar-refractivity contribution in [3.05, 3.63) is 46.6 Å². The van der Waals surface area contributed by atoms with Crippen LogP contribution < -0.4 is 24.0 Å². The van der Waals surface area contributed by atoms with E-state index >= 15 is 0 Å². The van der Waals surface area contributed by atoms with Crippen LogP contribution >= 0.6 is 11.6 Å². The van der Waals surface area contributed by atoms with Gasteiger partial charge in [-0.1, -0.05) is 35.9 Å². The fraction of sp³-hybridized carbons (Fsp3) is 0.474. The summed E-state index contributed by atoms with van der Waals surface area (Å²) in [6, 6.07) is 9.40. The van der Waals surface area contributed by atoms with E-state index in [-0.39, 0.29) is 24.0 Å². The number of nitrogens with one attached hydrogen (secondary N) is 1. The second-order valence-electron chi connectivity index (χ2n) is 7.66. The average Bonchev–Trinajstić information content (AvgIpc) is 3.01. The third-order valence-corrected chi connectivity index (χ3v) is 6.73. The summed E-state index contributed by atoms with van der Waals surface area (Å²) in [5.41, 5.74) is 4.39. The molecule has 1 N–H and O–H groups in total. The van der Waals surface area contributed by atoms with Crippen molar-refractivity contribution in [2.24, 2.45) is 11.8 Å². The van der Waals surface area contributed by atoms with Gasteiger partial charge in [0.15, 0.2) is 0 Å². The van der Waals surface area contributed by atoms with Crippen molar-refractivity contribution in [2.45, 2.75) is 25.3 Å². The molecule has 0 bridgehead atoms. The predicted molar refractivity (Wildman–Crippen MR) is 90.8 cm³/mol. The summed E-state index contributed by atoms with van der Waals surface area (Å²) in [6.45, 7) is 2.58. The molecule has 0 amide bonds. The van der Waals surface area contributed by atoms with Crippen molar-refractivity contribution in [1.29, 1.82) is 0 Å². The van der Waals surface area contributed by atoms with Gasteiger partial charge >= 0.3 is 0 Å². The summed E-state index contributed by atoms with van der Waals surface area (Å²) in [5.74, 6) is 1.50. The molecule has 122 valence electrons. The molecule has 3 aliphatic rings. The number of quaternary nitrogens is 1. The molecule has 0 spiro atoms. The zero-order valence-corrected chi connectivity index (χ0v) is 16.3. The normalized spacial score (nSPS) is 35.0. The molecular formula is C19H22ClIN2. The Bertz CT molecular complexity index is 796. The van der Waals surface area contributed by atoms with Gasteiger partial charge in [0.25, 0.3) is 0 Å². The number of benzene rings is 1. The first kappa shape index (κ1) is 16.0. The lowest BCUT2D eigenvalue weighted by Crippen LogP contribution is -3.00. The lowest BCUT2D eigenvalue weighted by Gasteiger charge is -2.41. The minimum absolute atomic E-state index is 0. The van der Waals surface area contributed by atoms with E-state index < -0.39 is 0 Å². The number of H-pyrrole nitrogens is 1. The molecule has 1 aliphatic carbocycles. The molecule has 3 heterocycles. The highest BCUT2D eigenvalue weighted by atomic mass is 127. The summed E-state index contributed by atoms with van der Waals surface area (Å²) in [5, 5.41) is 2.52. The fourth-order valence-corrected chi connectivity index (χ4v) is 5.75. The van der Waals surface area contributed by atoms with Gasteiger partial charge in [0.05, 0.1) is 25.8 Å². The Balaban J connectivity index is 0.00000135. The van der Waals surface area contributed by atoms with Crippen LogP contribution in [0.5, 0.6) is 0 Å². The van der Waals surface area contributed by atoms with Crippen LogP contribution in [0.15, 0.2) is 35.4 Å².